The van der Waals surface area contributed by atoms with Gasteiger partial charge in [-0.1, -0.05) is 18.0 Å². The molecule has 0 aromatic carbocycles. The van der Waals surface area contributed by atoms with E-state index in [0.29, 0.717) is 17.1 Å². The van der Waals surface area contributed by atoms with Crippen molar-refractivity contribution in [2.75, 3.05) is 18.0 Å². The second-order valence-corrected chi connectivity index (χ2v) is 6.37. The first kappa shape index (κ1) is 14.1. The van der Waals surface area contributed by atoms with Crippen molar-refractivity contribution in [3.8, 4) is 0 Å². The van der Waals surface area contributed by atoms with Gasteiger partial charge in [0, 0.05) is 18.8 Å². The lowest BCUT2D eigenvalue weighted by Gasteiger charge is -2.39. The van der Waals surface area contributed by atoms with Gasteiger partial charge in [0.2, 0.25) is 5.95 Å². The molecule has 2 heterocycles. The number of hydrogen-bond acceptors (Lipinski definition) is 5. The molecule has 114 valence electrons. The van der Waals surface area contributed by atoms with Crippen molar-refractivity contribution >= 4 is 11.8 Å². The number of rotatable bonds is 2. The van der Waals surface area contributed by atoms with E-state index in [-0.39, 0.29) is 5.84 Å². The molecule has 1 saturated carbocycles. The average Bonchev–Trinajstić information content (AvgIpc) is 2.94. The maximum atomic E-state index is 8.81. The predicted octanol–water partition coefficient (Wildman–Crippen LogP) is 2.04. The lowest BCUT2D eigenvalue weighted by atomic mass is 9.77. The van der Waals surface area contributed by atoms with Crippen LogP contribution in [0.4, 0.5) is 5.95 Å². The van der Waals surface area contributed by atoms with Crippen LogP contribution in [-0.2, 0) is 0 Å². The van der Waals surface area contributed by atoms with E-state index in [2.05, 4.69) is 20.0 Å². The fourth-order valence-electron chi connectivity index (χ4n) is 3.68. The number of piperidine rings is 1. The molecule has 0 atom stereocenters. The van der Waals surface area contributed by atoms with E-state index in [0.717, 1.165) is 18.8 Å². The number of aryl methyl sites for hydroxylation is 1. The van der Waals surface area contributed by atoms with E-state index < -0.39 is 0 Å². The highest BCUT2D eigenvalue weighted by molar-refractivity contribution is 5.95. The first-order chi connectivity index (χ1) is 10.1. The Balaban J connectivity index is 1.77. The largest absolute Gasteiger partial charge is 0.409 e. The van der Waals surface area contributed by atoms with E-state index in [1.165, 1.54) is 38.5 Å². The highest BCUT2D eigenvalue weighted by Gasteiger charge is 2.37. The molecular weight excluding hydrogens is 266 g/mol. The Kier molecular flexibility index (Phi) is 3.69. The third kappa shape index (κ3) is 2.80. The van der Waals surface area contributed by atoms with E-state index >= 15 is 0 Å². The summed E-state index contributed by atoms with van der Waals surface area (Å²) in [5.74, 6) is 0.732. The normalized spacial score (nSPS) is 22.0. The molecule has 1 aliphatic carbocycles. The van der Waals surface area contributed by atoms with E-state index in [4.69, 9.17) is 10.9 Å². The number of aromatic nitrogens is 2. The number of nitrogens with two attached hydrogens (primary N) is 1. The molecule has 1 spiro atoms. The third-order valence-corrected chi connectivity index (χ3v) is 4.98. The quantitative estimate of drug-likeness (QED) is 0.376. The van der Waals surface area contributed by atoms with Gasteiger partial charge in [0.05, 0.1) is 0 Å². The second kappa shape index (κ2) is 5.50. The molecule has 1 aromatic heterocycles. The molecule has 0 radical (unpaired) electrons. The molecule has 3 rings (SSSR count). The van der Waals surface area contributed by atoms with Gasteiger partial charge in [-0.15, -0.1) is 0 Å². The van der Waals surface area contributed by atoms with E-state index in [1.807, 2.05) is 6.92 Å². The van der Waals surface area contributed by atoms with Crippen LogP contribution in [0.5, 0.6) is 0 Å². The fraction of sp³-hybridized carbons (Fsp3) is 0.667. The summed E-state index contributed by atoms with van der Waals surface area (Å²) in [5, 5.41) is 11.8. The standard InChI is InChI=1S/C15H23N5O/c1-11-10-12(13(16)19-21)18-14(17-11)20-8-6-15(7-9-20)4-2-3-5-15/h10,21H,2-9H2,1H3,(H2,16,19). The van der Waals surface area contributed by atoms with Crippen molar-refractivity contribution < 1.29 is 5.21 Å². The minimum atomic E-state index is 0.0334. The van der Waals surface area contributed by atoms with E-state index in [1.54, 1.807) is 6.07 Å². The Morgan fingerprint density at radius 3 is 2.52 bits per heavy atom. The maximum Gasteiger partial charge on any atom is 0.226 e. The van der Waals surface area contributed by atoms with Crippen LogP contribution in [0.3, 0.4) is 0 Å². The number of amidine groups is 1. The summed E-state index contributed by atoms with van der Waals surface area (Å²) in [7, 11) is 0. The summed E-state index contributed by atoms with van der Waals surface area (Å²) >= 11 is 0. The first-order valence-electron chi connectivity index (χ1n) is 7.70. The molecule has 1 aromatic rings. The monoisotopic (exact) mass is 289 g/mol. The SMILES string of the molecule is Cc1cc(/C(N)=N/O)nc(N2CCC3(CCCC3)CC2)n1. The maximum absolute atomic E-state index is 8.81. The summed E-state index contributed by atoms with van der Waals surface area (Å²) in [6.45, 7) is 3.90. The van der Waals surface area contributed by atoms with Crippen LogP contribution in [0.25, 0.3) is 0 Å². The third-order valence-electron chi connectivity index (χ3n) is 4.98. The predicted molar refractivity (Wildman–Crippen MR) is 81.6 cm³/mol. The number of hydrogen-bond donors (Lipinski definition) is 2. The van der Waals surface area contributed by atoms with Crippen LogP contribution in [0, 0.1) is 12.3 Å². The molecule has 3 N–H and O–H groups in total. The Hall–Kier alpha value is -1.85. The van der Waals surface area contributed by atoms with Gasteiger partial charge in [-0.2, -0.15) is 0 Å². The minimum absolute atomic E-state index is 0.0334. The lowest BCUT2D eigenvalue weighted by Crippen LogP contribution is -2.40. The number of oxime groups is 1. The van der Waals surface area contributed by atoms with Gasteiger partial charge in [0.25, 0.3) is 0 Å². The zero-order valence-electron chi connectivity index (χ0n) is 12.5. The van der Waals surface area contributed by atoms with Gasteiger partial charge in [0.1, 0.15) is 5.69 Å². The molecule has 0 unspecified atom stereocenters. The summed E-state index contributed by atoms with van der Waals surface area (Å²) in [6, 6.07) is 1.74. The topological polar surface area (TPSA) is 87.6 Å². The van der Waals surface area contributed by atoms with Gasteiger partial charge in [0.15, 0.2) is 5.84 Å². The number of anilines is 1. The van der Waals surface area contributed by atoms with Crippen molar-refractivity contribution in [2.24, 2.45) is 16.3 Å². The minimum Gasteiger partial charge on any atom is -0.409 e. The van der Waals surface area contributed by atoms with Gasteiger partial charge in [-0.05, 0) is 44.1 Å². The van der Waals surface area contributed by atoms with Gasteiger partial charge >= 0.3 is 0 Å². The smallest absolute Gasteiger partial charge is 0.226 e. The molecular formula is C15H23N5O. The van der Waals surface area contributed by atoms with Crippen LogP contribution in [0.15, 0.2) is 11.2 Å². The second-order valence-electron chi connectivity index (χ2n) is 6.37. The Labute approximate surface area is 125 Å². The van der Waals surface area contributed by atoms with Crippen molar-refractivity contribution in [3.05, 3.63) is 17.5 Å². The molecule has 6 heteroatoms. The van der Waals surface area contributed by atoms with Crippen molar-refractivity contribution in [3.63, 3.8) is 0 Å². The van der Waals surface area contributed by atoms with Crippen molar-refractivity contribution in [2.45, 2.75) is 45.4 Å². The lowest BCUT2D eigenvalue weighted by molar-refractivity contribution is 0.225. The Bertz CT molecular complexity index is 541. The fourth-order valence-corrected chi connectivity index (χ4v) is 3.68. The van der Waals surface area contributed by atoms with Gasteiger partial charge in [-0.3, -0.25) is 0 Å². The van der Waals surface area contributed by atoms with Crippen molar-refractivity contribution in [1.29, 1.82) is 0 Å². The summed E-state index contributed by atoms with van der Waals surface area (Å²) in [5.41, 5.74) is 7.55. The zero-order chi connectivity index (χ0) is 14.9. The molecule has 1 aliphatic heterocycles. The average molecular weight is 289 g/mol. The van der Waals surface area contributed by atoms with Crippen LogP contribution < -0.4 is 10.6 Å². The molecule has 1 saturated heterocycles. The highest BCUT2D eigenvalue weighted by atomic mass is 16.4. The molecule has 6 nitrogen and oxygen atoms in total. The zero-order valence-corrected chi connectivity index (χ0v) is 12.5. The van der Waals surface area contributed by atoms with Gasteiger partial charge < -0.3 is 15.8 Å². The Morgan fingerprint density at radius 2 is 1.90 bits per heavy atom. The molecule has 2 fully saturated rings. The molecule has 0 amide bonds. The summed E-state index contributed by atoms with van der Waals surface area (Å²) < 4.78 is 0. The van der Waals surface area contributed by atoms with Crippen LogP contribution in [0.2, 0.25) is 0 Å². The first-order valence-corrected chi connectivity index (χ1v) is 7.70. The summed E-state index contributed by atoms with van der Waals surface area (Å²) in [4.78, 5) is 11.2. The molecule has 0 bridgehead atoms. The summed E-state index contributed by atoms with van der Waals surface area (Å²) in [6.07, 6.45) is 7.98. The molecule has 21 heavy (non-hydrogen) atoms. The van der Waals surface area contributed by atoms with Gasteiger partial charge in [-0.25, -0.2) is 9.97 Å². The molecule has 2 aliphatic rings. The Morgan fingerprint density at radius 1 is 1.24 bits per heavy atom. The number of nitrogens with zero attached hydrogens (tertiary/aromatic N) is 4. The van der Waals surface area contributed by atoms with E-state index in [9.17, 15) is 0 Å². The van der Waals surface area contributed by atoms with Crippen LogP contribution in [-0.4, -0.2) is 34.1 Å². The van der Waals surface area contributed by atoms with Crippen LogP contribution >= 0.6 is 0 Å². The highest BCUT2D eigenvalue weighted by Crippen LogP contribution is 2.46. The van der Waals surface area contributed by atoms with Crippen molar-refractivity contribution in [1.82, 2.24) is 9.97 Å². The van der Waals surface area contributed by atoms with Crippen LogP contribution in [0.1, 0.15) is 49.9 Å².